The molecule has 6 heteroatoms. The summed E-state index contributed by atoms with van der Waals surface area (Å²) in [5, 5.41) is 4.11. The molecule has 1 fully saturated rings. The summed E-state index contributed by atoms with van der Waals surface area (Å²) in [4.78, 5) is 27.1. The van der Waals surface area contributed by atoms with E-state index in [0.29, 0.717) is 19.4 Å². The molecule has 0 aliphatic carbocycles. The van der Waals surface area contributed by atoms with Crippen LogP contribution in [0.25, 0.3) is 0 Å². The maximum atomic E-state index is 12.4. The van der Waals surface area contributed by atoms with Gasteiger partial charge in [-0.25, -0.2) is 0 Å². The Kier molecular flexibility index (Phi) is 4.81. The lowest BCUT2D eigenvalue weighted by atomic mass is 10.0. The second-order valence-corrected chi connectivity index (χ2v) is 6.84. The van der Waals surface area contributed by atoms with Gasteiger partial charge in [0.15, 0.2) is 0 Å². The highest BCUT2D eigenvalue weighted by Crippen LogP contribution is 2.25. The van der Waals surface area contributed by atoms with Crippen LogP contribution >= 0.6 is 11.8 Å². The van der Waals surface area contributed by atoms with Crippen molar-refractivity contribution in [2.24, 2.45) is 13.0 Å². The fourth-order valence-electron chi connectivity index (χ4n) is 2.78. The van der Waals surface area contributed by atoms with E-state index in [-0.39, 0.29) is 17.7 Å². The van der Waals surface area contributed by atoms with Crippen LogP contribution in [0.5, 0.6) is 0 Å². The summed E-state index contributed by atoms with van der Waals surface area (Å²) in [6.45, 7) is 0.473. The van der Waals surface area contributed by atoms with Gasteiger partial charge < -0.3 is 0 Å². The molecule has 1 aliphatic heterocycles. The minimum Gasteiger partial charge on any atom is -0.282 e. The number of likely N-dealkylation sites (tertiary alicyclic amines) is 1. The van der Waals surface area contributed by atoms with Crippen LogP contribution in [0.1, 0.15) is 12.0 Å². The average Bonchev–Trinajstić information content (AvgIpc) is 3.06. The van der Waals surface area contributed by atoms with Crippen LogP contribution in [-0.4, -0.2) is 38.8 Å². The zero-order valence-corrected chi connectivity index (χ0v) is 13.8. The number of rotatable bonds is 6. The molecule has 0 radical (unpaired) electrons. The third kappa shape index (κ3) is 3.82. The smallest absolute Gasteiger partial charge is 0.233 e. The van der Waals surface area contributed by atoms with Gasteiger partial charge >= 0.3 is 0 Å². The van der Waals surface area contributed by atoms with Crippen molar-refractivity contribution in [3.63, 3.8) is 0 Å². The van der Waals surface area contributed by atoms with Crippen molar-refractivity contribution in [1.82, 2.24) is 14.7 Å². The largest absolute Gasteiger partial charge is 0.282 e. The van der Waals surface area contributed by atoms with Crippen molar-refractivity contribution in [3.8, 4) is 0 Å². The molecule has 3 rings (SSSR count). The fourth-order valence-corrected chi connectivity index (χ4v) is 3.64. The molecule has 1 aromatic heterocycles. The van der Waals surface area contributed by atoms with Gasteiger partial charge in [0.05, 0.1) is 12.1 Å². The number of amides is 2. The Morgan fingerprint density at radius 2 is 2.04 bits per heavy atom. The van der Waals surface area contributed by atoms with E-state index in [0.717, 1.165) is 16.2 Å². The molecule has 5 nitrogen and oxygen atoms in total. The monoisotopic (exact) mass is 329 g/mol. The van der Waals surface area contributed by atoms with Gasteiger partial charge in [0.1, 0.15) is 0 Å². The van der Waals surface area contributed by atoms with Crippen molar-refractivity contribution in [2.75, 3.05) is 12.3 Å². The highest BCUT2D eigenvalue weighted by molar-refractivity contribution is 7.99. The Morgan fingerprint density at radius 3 is 2.74 bits per heavy atom. The molecule has 1 saturated heterocycles. The average molecular weight is 329 g/mol. The van der Waals surface area contributed by atoms with Gasteiger partial charge in [-0.15, -0.1) is 11.8 Å². The minimum atomic E-state index is -0.242. The van der Waals surface area contributed by atoms with E-state index >= 15 is 0 Å². The van der Waals surface area contributed by atoms with Gasteiger partial charge in [0, 0.05) is 36.9 Å². The standard InChI is InChI=1S/C17H19N3O2S/c1-19-12-13(11-18-19)9-14-10-16(21)20(17(14)22)7-8-23-15-5-3-2-4-6-15/h2-6,11-12,14H,7-10H2,1H3/t14-/m0/s1. The fraction of sp³-hybridized carbons (Fsp3) is 0.353. The van der Waals surface area contributed by atoms with Crippen molar-refractivity contribution in [2.45, 2.75) is 17.7 Å². The number of benzene rings is 1. The molecular weight excluding hydrogens is 310 g/mol. The number of carbonyl (C=O) groups is 2. The van der Waals surface area contributed by atoms with E-state index in [1.165, 1.54) is 4.90 Å². The van der Waals surface area contributed by atoms with E-state index in [1.54, 1.807) is 22.6 Å². The zero-order valence-electron chi connectivity index (χ0n) is 13.0. The van der Waals surface area contributed by atoms with Gasteiger partial charge in [-0.05, 0) is 24.1 Å². The molecule has 23 heavy (non-hydrogen) atoms. The quantitative estimate of drug-likeness (QED) is 0.602. The third-order valence-corrected chi connectivity index (χ3v) is 4.90. The molecule has 0 unspecified atom stereocenters. The molecule has 2 aromatic rings. The van der Waals surface area contributed by atoms with Gasteiger partial charge in [0.25, 0.3) is 0 Å². The normalized spacial score (nSPS) is 18.0. The van der Waals surface area contributed by atoms with Crippen molar-refractivity contribution < 1.29 is 9.59 Å². The lowest BCUT2D eigenvalue weighted by molar-refractivity contribution is -0.138. The van der Waals surface area contributed by atoms with Crippen molar-refractivity contribution in [1.29, 1.82) is 0 Å². The predicted octanol–water partition coefficient (Wildman–Crippen LogP) is 2.13. The molecule has 0 saturated carbocycles. The van der Waals surface area contributed by atoms with Crippen LogP contribution in [0.2, 0.25) is 0 Å². The van der Waals surface area contributed by atoms with E-state index < -0.39 is 0 Å². The Morgan fingerprint density at radius 1 is 1.26 bits per heavy atom. The van der Waals surface area contributed by atoms with E-state index in [4.69, 9.17) is 0 Å². The highest BCUT2D eigenvalue weighted by Gasteiger charge is 2.38. The molecule has 1 aliphatic rings. The molecule has 0 bridgehead atoms. The van der Waals surface area contributed by atoms with E-state index in [2.05, 4.69) is 5.10 Å². The highest BCUT2D eigenvalue weighted by atomic mass is 32.2. The number of aromatic nitrogens is 2. The summed E-state index contributed by atoms with van der Waals surface area (Å²) in [5.74, 6) is 0.375. The number of aryl methyl sites for hydroxylation is 1. The molecule has 1 aromatic carbocycles. The predicted molar refractivity (Wildman–Crippen MR) is 88.9 cm³/mol. The summed E-state index contributed by atoms with van der Waals surface area (Å²) < 4.78 is 1.71. The Balaban J connectivity index is 1.54. The number of thioether (sulfide) groups is 1. The number of nitrogens with zero attached hydrogens (tertiary/aromatic N) is 3. The van der Waals surface area contributed by atoms with Crippen molar-refractivity contribution >= 4 is 23.6 Å². The van der Waals surface area contributed by atoms with Gasteiger partial charge in [-0.2, -0.15) is 5.10 Å². The van der Waals surface area contributed by atoms with Crippen LogP contribution in [0.15, 0.2) is 47.6 Å². The lowest BCUT2D eigenvalue weighted by Crippen LogP contribution is -2.33. The van der Waals surface area contributed by atoms with Crippen molar-refractivity contribution in [3.05, 3.63) is 48.3 Å². The first kappa shape index (κ1) is 15.8. The first-order valence-corrected chi connectivity index (χ1v) is 8.61. The second kappa shape index (κ2) is 7.00. The van der Waals surface area contributed by atoms with Gasteiger partial charge in [-0.3, -0.25) is 19.2 Å². The van der Waals surface area contributed by atoms with Crippen LogP contribution in [0, 0.1) is 5.92 Å². The topological polar surface area (TPSA) is 55.2 Å². The van der Waals surface area contributed by atoms with Crippen LogP contribution in [0.3, 0.4) is 0 Å². The maximum Gasteiger partial charge on any atom is 0.233 e. The third-order valence-electron chi connectivity index (χ3n) is 3.90. The first-order chi connectivity index (χ1) is 11.1. The second-order valence-electron chi connectivity index (χ2n) is 5.67. The molecule has 2 heterocycles. The Hall–Kier alpha value is -2.08. The molecule has 0 N–H and O–H groups in total. The molecule has 120 valence electrons. The SMILES string of the molecule is Cn1cc(C[C@H]2CC(=O)N(CCSc3ccccc3)C2=O)cn1. The minimum absolute atomic E-state index is 0.0486. The lowest BCUT2D eigenvalue weighted by Gasteiger charge is -2.14. The number of imide groups is 1. The number of carbonyl (C=O) groups excluding carboxylic acids is 2. The number of hydrogen-bond donors (Lipinski definition) is 0. The Labute approximate surface area is 139 Å². The summed E-state index contributed by atoms with van der Waals surface area (Å²) in [6, 6.07) is 10.0. The number of hydrogen-bond acceptors (Lipinski definition) is 4. The zero-order chi connectivity index (χ0) is 16.2. The summed E-state index contributed by atoms with van der Waals surface area (Å²) in [7, 11) is 1.85. The summed E-state index contributed by atoms with van der Waals surface area (Å²) >= 11 is 1.66. The molecular formula is C17H19N3O2S. The summed E-state index contributed by atoms with van der Waals surface area (Å²) in [5.41, 5.74) is 0.999. The van der Waals surface area contributed by atoms with Gasteiger partial charge in [0.2, 0.25) is 11.8 Å². The van der Waals surface area contributed by atoms with E-state index in [1.807, 2.05) is 43.6 Å². The Bertz CT molecular complexity index is 699. The first-order valence-electron chi connectivity index (χ1n) is 7.63. The van der Waals surface area contributed by atoms with Crippen LogP contribution < -0.4 is 0 Å². The molecule has 0 spiro atoms. The van der Waals surface area contributed by atoms with Gasteiger partial charge in [-0.1, -0.05) is 18.2 Å². The molecule has 2 amide bonds. The van der Waals surface area contributed by atoms with E-state index in [9.17, 15) is 9.59 Å². The maximum absolute atomic E-state index is 12.4. The molecule has 1 atom stereocenters. The summed E-state index contributed by atoms with van der Waals surface area (Å²) in [6.07, 6.45) is 4.54. The van der Waals surface area contributed by atoms with Crippen LogP contribution in [0.4, 0.5) is 0 Å². The van der Waals surface area contributed by atoms with Crippen LogP contribution in [-0.2, 0) is 23.1 Å².